The van der Waals surface area contributed by atoms with Crippen LogP contribution in [0.25, 0.3) is 0 Å². The van der Waals surface area contributed by atoms with Gasteiger partial charge in [0.1, 0.15) is 16.8 Å². The first kappa shape index (κ1) is 21.0. The van der Waals surface area contributed by atoms with Gasteiger partial charge in [0.05, 0.1) is 22.3 Å². The Labute approximate surface area is 191 Å². The minimum absolute atomic E-state index is 0.0489. The second-order valence-corrected chi connectivity index (χ2v) is 8.02. The fourth-order valence-electron chi connectivity index (χ4n) is 4.25. The molecular weight excluding hydrogens is 453 g/mol. The highest BCUT2D eigenvalue weighted by molar-refractivity contribution is 6.32. The standard InChI is InChI=1S/C23H15ClFN3O5/c24-17-11-6-13(12-18(17)28(31)32)20-19-21(33-27(20)16-4-2-1-3-5-16)23(30)26(22(19)29)15-9-7-14(25)8-10-15/h1-12,19-21H. The third kappa shape index (κ3) is 3.42. The zero-order chi connectivity index (χ0) is 23.3. The highest BCUT2D eigenvalue weighted by atomic mass is 35.5. The number of nitrogens with zero attached hydrogens (tertiary/aromatic N) is 3. The molecule has 0 bridgehead atoms. The minimum Gasteiger partial charge on any atom is -0.273 e. The Morgan fingerprint density at radius 1 is 0.939 bits per heavy atom. The summed E-state index contributed by atoms with van der Waals surface area (Å²) in [6.07, 6.45) is -1.15. The topological polar surface area (TPSA) is 93.0 Å². The summed E-state index contributed by atoms with van der Waals surface area (Å²) in [7, 11) is 0. The van der Waals surface area contributed by atoms with Crippen molar-refractivity contribution in [2.24, 2.45) is 5.92 Å². The lowest BCUT2D eigenvalue weighted by atomic mass is 9.90. The predicted octanol–water partition coefficient (Wildman–Crippen LogP) is 4.44. The average molecular weight is 468 g/mol. The highest BCUT2D eigenvalue weighted by Gasteiger charge is 2.60. The molecule has 0 radical (unpaired) electrons. The fraction of sp³-hybridized carbons (Fsp3) is 0.130. The molecule has 3 aromatic carbocycles. The molecule has 0 aromatic heterocycles. The van der Waals surface area contributed by atoms with Gasteiger partial charge in [0.2, 0.25) is 5.91 Å². The second kappa shape index (κ2) is 7.95. The van der Waals surface area contributed by atoms with Crippen molar-refractivity contribution in [1.29, 1.82) is 0 Å². The zero-order valence-electron chi connectivity index (χ0n) is 16.8. The molecule has 0 saturated carbocycles. The lowest BCUT2D eigenvalue weighted by molar-refractivity contribution is -0.384. The van der Waals surface area contributed by atoms with Gasteiger partial charge in [-0.1, -0.05) is 35.9 Å². The van der Waals surface area contributed by atoms with E-state index >= 15 is 0 Å². The summed E-state index contributed by atoms with van der Waals surface area (Å²) >= 11 is 5.98. The monoisotopic (exact) mass is 467 g/mol. The van der Waals surface area contributed by atoms with Crippen molar-refractivity contribution in [3.05, 3.63) is 99.3 Å². The van der Waals surface area contributed by atoms with E-state index in [0.717, 1.165) is 17.0 Å². The zero-order valence-corrected chi connectivity index (χ0v) is 17.6. The van der Waals surface area contributed by atoms with Crippen LogP contribution in [-0.2, 0) is 14.4 Å². The molecule has 3 unspecified atom stereocenters. The van der Waals surface area contributed by atoms with Crippen molar-refractivity contribution in [2.45, 2.75) is 12.1 Å². The number of halogens is 2. The number of rotatable bonds is 4. The number of hydroxylamine groups is 1. The van der Waals surface area contributed by atoms with Crippen molar-refractivity contribution in [2.75, 3.05) is 9.96 Å². The molecule has 8 nitrogen and oxygen atoms in total. The van der Waals surface area contributed by atoms with Crippen LogP contribution in [0.4, 0.5) is 21.5 Å². The highest BCUT2D eigenvalue weighted by Crippen LogP contribution is 2.48. The van der Waals surface area contributed by atoms with Gasteiger partial charge >= 0.3 is 0 Å². The first-order valence-corrected chi connectivity index (χ1v) is 10.3. The molecule has 2 saturated heterocycles. The summed E-state index contributed by atoms with van der Waals surface area (Å²) in [5.74, 6) is -2.62. The van der Waals surface area contributed by atoms with Gasteiger partial charge in [0.15, 0.2) is 6.10 Å². The van der Waals surface area contributed by atoms with Gasteiger partial charge in [-0.2, -0.15) is 0 Å². The average Bonchev–Trinajstić information content (AvgIpc) is 3.31. The van der Waals surface area contributed by atoms with Gasteiger partial charge in [-0.15, -0.1) is 0 Å². The molecular formula is C23H15ClFN3O5. The minimum atomic E-state index is -1.15. The maximum absolute atomic E-state index is 13.5. The van der Waals surface area contributed by atoms with Crippen molar-refractivity contribution in [3.63, 3.8) is 0 Å². The number of hydrogen-bond donors (Lipinski definition) is 0. The van der Waals surface area contributed by atoms with Crippen molar-refractivity contribution in [1.82, 2.24) is 0 Å². The normalized spacial score (nSPS) is 22.1. The molecule has 5 rings (SSSR count). The van der Waals surface area contributed by atoms with Gasteiger partial charge < -0.3 is 0 Å². The smallest absolute Gasteiger partial charge is 0.273 e. The van der Waals surface area contributed by atoms with E-state index in [-0.39, 0.29) is 16.4 Å². The van der Waals surface area contributed by atoms with Crippen molar-refractivity contribution in [3.8, 4) is 0 Å². The van der Waals surface area contributed by atoms with E-state index in [1.165, 1.54) is 29.3 Å². The number of nitro groups is 1. The lowest BCUT2D eigenvalue weighted by Gasteiger charge is -2.28. The Bertz CT molecular complexity index is 1270. The quantitative estimate of drug-likeness (QED) is 0.320. The predicted molar refractivity (Wildman–Crippen MR) is 117 cm³/mol. The van der Waals surface area contributed by atoms with Crippen LogP contribution in [0.5, 0.6) is 0 Å². The largest absolute Gasteiger partial charge is 0.288 e. The maximum Gasteiger partial charge on any atom is 0.288 e. The van der Waals surface area contributed by atoms with Crippen molar-refractivity contribution >= 4 is 40.5 Å². The Balaban J connectivity index is 1.61. The summed E-state index contributed by atoms with van der Waals surface area (Å²) in [4.78, 5) is 44.5. The second-order valence-electron chi connectivity index (χ2n) is 7.61. The number of anilines is 2. The maximum atomic E-state index is 13.5. The number of hydrogen-bond acceptors (Lipinski definition) is 6. The van der Waals surface area contributed by atoms with Gasteiger partial charge in [0, 0.05) is 6.07 Å². The Morgan fingerprint density at radius 2 is 1.64 bits per heavy atom. The van der Waals surface area contributed by atoms with Crippen LogP contribution in [-0.4, -0.2) is 22.8 Å². The SMILES string of the molecule is O=C1C2ON(c3ccccc3)C(c3ccc(Cl)c([N+](=O)[O-])c3)C2C(=O)N1c1ccc(F)cc1. The number of fused-ring (bicyclic) bond motifs is 1. The van der Waals surface area contributed by atoms with Crippen LogP contribution >= 0.6 is 11.6 Å². The van der Waals surface area contributed by atoms with Crippen LogP contribution in [0.3, 0.4) is 0 Å². The number of imide groups is 1. The molecule has 166 valence electrons. The van der Waals surface area contributed by atoms with Gasteiger partial charge in [-0.05, 0) is 48.0 Å². The summed E-state index contributed by atoms with van der Waals surface area (Å²) in [6, 6.07) is 17.2. The van der Waals surface area contributed by atoms with Gasteiger partial charge in [-0.25, -0.2) is 14.4 Å². The number of nitro benzene ring substituents is 1. The van der Waals surface area contributed by atoms with Crippen LogP contribution < -0.4 is 9.96 Å². The van der Waals surface area contributed by atoms with Crippen LogP contribution in [0.15, 0.2) is 72.8 Å². The molecule has 2 aliphatic heterocycles. The first-order valence-electron chi connectivity index (χ1n) is 9.95. The number of para-hydroxylation sites is 1. The molecule has 0 aliphatic carbocycles. The van der Waals surface area contributed by atoms with Crippen LogP contribution in [0.2, 0.25) is 5.02 Å². The van der Waals surface area contributed by atoms with E-state index < -0.39 is 40.6 Å². The molecule has 0 spiro atoms. The number of carbonyl (C=O) groups excluding carboxylic acids is 2. The van der Waals surface area contributed by atoms with E-state index in [1.54, 1.807) is 36.4 Å². The summed E-state index contributed by atoms with van der Waals surface area (Å²) < 4.78 is 13.4. The number of carbonyl (C=O) groups is 2. The van der Waals surface area contributed by atoms with Gasteiger partial charge in [-0.3, -0.25) is 24.5 Å². The third-order valence-corrected chi connectivity index (χ3v) is 6.04. The first-order chi connectivity index (χ1) is 15.9. The fourth-order valence-corrected chi connectivity index (χ4v) is 4.44. The number of amides is 2. The summed E-state index contributed by atoms with van der Waals surface area (Å²) in [6.45, 7) is 0. The summed E-state index contributed by atoms with van der Waals surface area (Å²) in [5.41, 5.74) is 0.863. The van der Waals surface area contributed by atoms with Gasteiger partial charge in [0.25, 0.3) is 11.6 Å². The van der Waals surface area contributed by atoms with E-state index in [9.17, 15) is 24.1 Å². The molecule has 2 fully saturated rings. The number of benzene rings is 3. The molecule has 3 aromatic rings. The molecule has 2 aliphatic rings. The molecule has 10 heteroatoms. The molecule has 2 amide bonds. The Kier molecular flexibility index (Phi) is 5.07. The van der Waals surface area contributed by atoms with E-state index in [4.69, 9.17) is 16.4 Å². The van der Waals surface area contributed by atoms with Crippen molar-refractivity contribution < 1.29 is 23.7 Å². The Hall–Kier alpha value is -3.82. The molecule has 2 heterocycles. The lowest BCUT2D eigenvalue weighted by Crippen LogP contribution is -2.37. The van der Waals surface area contributed by atoms with E-state index in [1.807, 2.05) is 0 Å². The van der Waals surface area contributed by atoms with E-state index in [0.29, 0.717) is 11.3 Å². The molecule has 3 atom stereocenters. The summed E-state index contributed by atoms with van der Waals surface area (Å²) in [5, 5.41) is 12.8. The van der Waals surface area contributed by atoms with Crippen LogP contribution in [0, 0.1) is 21.8 Å². The molecule has 33 heavy (non-hydrogen) atoms. The van der Waals surface area contributed by atoms with E-state index in [2.05, 4.69) is 0 Å². The molecule has 0 N–H and O–H groups in total. The van der Waals surface area contributed by atoms with Crippen LogP contribution in [0.1, 0.15) is 11.6 Å². The third-order valence-electron chi connectivity index (χ3n) is 5.72. The Morgan fingerprint density at radius 3 is 2.30 bits per heavy atom.